The molecule has 2 rings (SSSR count). The maximum atomic E-state index is 5.86. The SMILES string of the molecule is CCOc1nc(N(CC)Cc2ccncc2)ccc1N. The number of pyridine rings is 2. The summed E-state index contributed by atoms with van der Waals surface area (Å²) in [5, 5.41) is 0. The van der Waals surface area contributed by atoms with Crippen LogP contribution in [0.1, 0.15) is 19.4 Å². The first-order chi connectivity index (χ1) is 9.74. The molecule has 20 heavy (non-hydrogen) atoms. The molecule has 0 atom stereocenters. The number of hydrogen-bond donors (Lipinski definition) is 1. The second kappa shape index (κ2) is 6.75. The van der Waals surface area contributed by atoms with Crippen LogP contribution < -0.4 is 15.4 Å². The van der Waals surface area contributed by atoms with Gasteiger partial charge in [0.2, 0.25) is 5.88 Å². The number of nitrogens with two attached hydrogens (primary N) is 1. The van der Waals surface area contributed by atoms with Gasteiger partial charge in [0.05, 0.1) is 12.3 Å². The van der Waals surface area contributed by atoms with Crippen molar-refractivity contribution in [1.29, 1.82) is 0 Å². The van der Waals surface area contributed by atoms with Crippen LogP contribution in [0.3, 0.4) is 0 Å². The van der Waals surface area contributed by atoms with E-state index in [9.17, 15) is 0 Å². The van der Waals surface area contributed by atoms with Crippen LogP contribution in [0.5, 0.6) is 5.88 Å². The van der Waals surface area contributed by atoms with E-state index >= 15 is 0 Å². The van der Waals surface area contributed by atoms with Gasteiger partial charge in [-0.15, -0.1) is 0 Å². The zero-order chi connectivity index (χ0) is 14.4. The summed E-state index contributed by atoms with van der Waals surface area (Å²) in [6, 6.07) is 7.76. The molecule has 0 aliphatic rings. The van der Waals surface area contributed by atoms with E-state index in [2.05, 4.69) is 21.8 Å². The number of rotatable bonds is 6. The van der Waals surface area contributed by atoms with Crippen molar-refractivity contribution in [3.63, 3.8) is 0 Å². The van der Waals surface area contributed by atoms with E-state index < -0.39 is 0 Å². The molecule has 106 valence electrons. The van der Waals surface area contributed by atoms with Crippen molar-refractivity contribution in [3.8, 4) is 5.88 Å². The fraction of sp³-hybridized carbons (Fsp3) is 0.333. The van der Waals surface area contributed by atoms with Gasteiger partial charge in [0.1, 0.15) is 5.82 Å². The van der Waals surface area contributed by atoms with Crippen molar-refractivity contribution >= 4 is 11.5 Å². The molecular formula is C15H20N4O. The summed E-state index contributed by atoms with van der Waals surface area (Å²) in [5.74, 6) is 1.36. The monoisotopic (exact) mass is 272 g/mol. The smallest absolute Gasteiger partial charge is 0.239 e. The van der Waals surface area contributed by atoms with E-state index in [1.807, 2.05) is 31.2 Å². The summed E-state index contributed by atoms with van der Waals surface area (Å²) >= 11 is 0. The van der Waals surface area contributed by atoms with E-state index in [-0.39, 0.29) is 0 Å². The lowest BCUT2D eigenvalue weighted by atomic mass is 10.2. The molecule has 2 aromatic rings. The van der Waals surface area contributed by atoms with E-state index in [4.69, 9.17) is 10.5 Å². The van der Waals surface area contributed by atoms with Crippen molar-refractivity contribution in [3.05, 3.63) is 42.2 Å². The average Bonchev–Trinajstić information content (AvgIpc) is 2.48. The Bertz CT molecular complexity index is 545. The minimum atomic E-state index is 0.498. The third-order valence-corrected chi connectivity index (χ3v) is 2.98. The predicted octanol–water partition coefficient (Wildman–Crippen LogP) is 2.48. The van der Waals surface area contributed by atoms with Crippen molar-refractivity contribution in [2.24, 2.45) is 0 Å². The fourth-order valence-electron chi connectivity index (χ4n) is 1.93. The summed E-state index contributed by atoms with van der Waals surface area (Å²) in [7, 11) is 0. The van der Waals surface area contributed by atoms with E-state index in [0.717, 1.165) is 18.9 Å². The molecule has 0 bridgehead atoms. The number of ether oxygens (including phenoxy) is 1. The summed E-state index contributed by atoms with van der Waals surface area (Å²) in [6.45, 7) is 6.20. The maximum absolute atomic E-state index is 5.86. The lowest BCUT2D eigenvalue weighted by Crippen LogP contribution is -2.23. The van der Waals surface area contributed by atoms with Gasteiger partial charge in [-0.05, 0) is 43.7 Å². The number of nitrogen functional groups attached to an aromatic ring is 1. The van der Waals surface area contributed by atoms with Gasteiger partial charge < -0.3 is 15.4 Å². The largest absolute Gasteiger partial charge is 0.476 e. The van der Waals surface area contributed by atoms with Crippen LogP contribution in [0.25, 0.3) is 0 Å². The Morgan fingerprint density at radius 2 is 1.90 bits per heavy atom. The molecule has 2 N–H and O–H groups in total. The first kappa shape index (κ1) is 14.1. The molecule has 2 heterocycles. The van der Waals surface area contributed by atoms with Gasteiger partial charge >= 0.3 is 0 Å². The molecule has 0 unspecified atom stereocenters. The Morgan fingerprint density at radius 1 is 1.15 bits per heavy atom. The Balaban J connectivity index is 2.21. The van der Waals surface area contributed by atoms with Crippen LogP contribution in [0.2, 0.25) is 0 Å². The molecule has 0 fully saturated rings. The second-order valence-electron chi connectivity index (χ2n) is 4.37. The zero-order valence-corrected chi connectivity index (χ0v) is 11.9. The van der Waals surface area contributed by atoms with Gasteiger partial charge in [0, 0.05) is 25.5 Å². The quantitative estimate of drug-likeness (QED) is 0.875. The molecular weight excluding hydrogens is 252 g/mol. The van der Waals surface area contributed by atoms with E-state index in [1.165, 1.54) is 5.56 Å². The van der Waals surface area contributed by atoms with Gasteiger partial charge in [-0.25, -0.2) is 0 Å². The normalized spacial score (nSPS) is 10.3. The van der Waals surface area contributed by atoms with Crippen LogP contribution in [-0.4, -0.2) is 23.1 Å². The summed E-state index contributed by atoms with van der Waals surface area (Å²) < 4.78 is 5.45. The van der Waals surface area contributed by atoms with Crippen LogP contribution in [0.15, 0.2) is 36.7 Å². The van der Waals surface area contributed by atoms with Crippen LogP contribution in [0.4, 0.5) is 11.5 Å². The highest BCUT2D eigenvalue weighted by atomic mass is 16.5. The standard InChI is InChI=1S/C15H20N4O/c1-3-19(11-12-7-9-17-10-8-12)14-6-5-13(16)15(18-14)20-4-2/h5-10H,3-4,11,16H2,1-2H3. The van der Waals surface area contributed by atoms with E-state index in [0.29, 0.717) is 18.2 Å². The highest BCUT2D eigenvalue weighted by Crippen LogP contribution is 2.24. The Hall–Kier alpha value is -2.30. The lowest BCUT2D eigenvalue weighted by Gasteiger charge is -2.22. The first-order valence-corrected chi connectivity index (χ1v) is 6.77. The molecule has 5 heteroatoms. The van der Waals surface area contributed by atoms with Gasteiger partial charge in [0.15, 0.2) is 0 Å². The van der Waals surface area contributed by atoms with Crippen molar-refractivity contribution in [1.82, 2.24) is 9.97 Å². The minimum Gasteiger partial charge on any atom is -0.476 e. The Morgan fingerprint density at radius 3 is 2.55 bits per heavy atom. The third kappa shape index (κ3) is 3.38. The van der Waals surface area contributed by atoms with Crippen molar-refractivity contribution < 1.29 is 4.74 Å². The molecule has 0 radical (unpaired) electrons. The predicted molar refractivity (Wildman–Crippen MR) is 80.8 cm³/mol. The Kier molecular flexibility index (Phi) is 4.76. The molecule has 2 aromatic heterocycles. The topological polar surface area (TPSA) is 64.3 Å². The molecule has 0 aliphatic heterocycles. The summed E-state index contributed by atoms with van der Waals surface area (Å²) in [6.07, 6.45) is 3.59. The van der Waals surface area contributed by atoms with Crippen molar-refractivity contribution in [2.75, 3.05) is 23.8 Å². The number of aromatic nitrogens is 2. The van der Waals surface area contributed by atoms with Crippen molar-refractivity contribution in [2.45, 2.75) is 20.4 Å². The molecule has 0 aliphatic carbocycles. The van der Waals surface area contributed by atoms with Gasteiger partial charge in [-0.1, -0.05) is 0 Å². The van der Waals surface area contributed by atoms with Crippen LogP contribution in [-0.2, 0) is 6.54 Å². The number of anilines is 2. The Labute approximate surface area is 119 Å². The average molecular weight is 272 g/mol. The maximum Gasteiger partial charge on any atom is 0.239 e. The zero-order valence-electron chi connectivity index (χ0n) is 11.9. The lowest BCUT2D eigenvalue weighted by molar-refractivity contribution is 0.329. The van der Waals surface area contributed by atoms with Crippen LogP contribution >= 0.6 is 0 Å². The fourth-order valence-corrected chi connectivity index (χ4v) is 1.93. The summed E-state index contributed by atoms with van der Waals surface area (Å²) in [5.41, 5.74) is 7.61. The molecule has 0 aromatic carbocycles. The molecule has 5 nitrogen and oxygen atoms in total. The van der Waals surface area contributed by atoms with Gasteiger partial charge in [-0.3, -0.25) is 4.98 Å². The van der Waals surface area contributed by atoms with Gasteiger partial charge in [-0.2, -0.15) is 4.98 Å². The number of nitrogens with zero attached hydrogens (tertiary/aromatic N) is 3. The highest BCUT2D eigenvalue weighted by Gasteiger charge is 2.10. The number of hydrogen-bond acceptors (Lipinski definition) is 5. The molecule has 0 spiro atoms. The minimum absolute atomic E-state index is 0.498. The molecule has 0 amide bonds. The van der Waals surface area contributed by atoms with E-state index in [1.54, 1.807) is 12.4 Å². The van der Waals surface area contributed by atoms with Crippen LogP contribution in [0, 0.1) is 0 Å². The molecule has 0 saturated heterocycles. The third-order valence-electron chi connectivity index (χ3n) is 2.98. The van der Waals surface area contributed by atoms with Gasteiger partial charge in [0.25, 0.3) is 0 Å². The second-order valence-corrected chi connectivity index (χ2v) is 4.37. The first-order valence-electron chi connectivity index (χ1n) is 6.77. The highest BCUT2D eigenvalue weighted by molar-refractivity contribution is 5.54. The molecule has 0 saturated carbocycles. The summed E-state index contributed by atoms with van der Waals surface area (Å²) in [4.78, 5) is 10.7.